The average Bonchev–Trinajstić information content (AvgIpc) is 2.94. The van der Waals surface area contributed by atoms with Gasteiger partial charge in [-0.05, 0) is 30.3 Å². The lowest BCUT2D eigenvalue weighted by Crippen LogP contribution is -1.94. The number of rotatable bonds is 1. The van der Waals surface area contributed by atoms with Crippen LogP contribution < -0.4 is 0 Å². The third-order valence-electron chi connectivity index (χ3n) is 3.29. The van der Waals surface area contributed by atoms with Gasteiger partial charge in [-0.2, -0.15) is 0 Å². The van der Waals surface area contributed by atoms with Gasteiger partial charge in [-0.3, -0.25) is 0 Å². The Balaban J connectivity index is 2.09. The Morgan fingerprint density at radius 1 is 1.00 bits per heavy atom. The summed E-state index contributed by atoms with van der Waals surface area (Å²) in [6.07, 6.45) is 0. The number of hydrogen-bond acceptors (Lipinski definition) is 3. The van der Waals surface area contributed by atoms with Crippen LogP contribution in [0.4, 0.5) is 4.39 Å². The van der Waals surface area contributed by atoms with E-state index in [1.165, 1.54) is 10.6 Å². The fraction of sp³-hybridized carbons (Fsp3) is 0. The van der Waals surface area contributed by atoms with Crippen molar-refractivity contribution in [2.75, 3.05) is 0 Å². The molecule has 0 N–H and O–H groups in total. The fourth-order valence-electron chi connectivity index (χ4n) is 2.29. The standard InChI is InChI=1S/C15H7Cl2FN4/c16-8-5-6-11-12(7-8)22-15(13(17)19-11)20-14(21-22)9-3-1-2-4-10(9)18/h1-7H. The lowest BCUT2D eigenvalue weighted by atomic mass is 10.2. The summed E-state index contributed by atoms with van der Waals surface area (Å²) in [6.45, 7) is 0. The molecule has 0 aliphatic heterocycles. The molecule has 0 unspecified atom stereocenters. The van der Waals surface area contributed by atoms with E-state index in [0.29, 0.717) is 27.3 Å². The highest BCUT2D eigenvalue weighted by molar-refractivity contribution is 6.33. The van der Waals surface area contributed by atoms with E-state index in [0.717, 1.165) is 0 Å². The van der Waals surface area contributed by atoms with Crippen molar-refractivity contribution in [2.45, 2.75) is 0 Å². The second-order valence-corrected chi connectivity index (χ2v) is 5.48. The van der Waals surface area contributed by atoms with Crippen molar-refractivity contribution in [2.24, 2.45) is 0 Å². The number of fused-ring (bicyclic) bond motifs is 3. The second-order valence-electron chi connectivity index (χ2n) is 4.69. The molecule has 0 bridgehead atoms. The number of nitrogens with zero attached hydrogens (tertiary/aromatic N) is 4. The molecule has 22 heavy (non-hydrogen) atoms. The first-order valence-corrected chi connectivity index (χ1v) is 7.15. The lowest BCUT2D eigenvalue weighted by Gasteiger charge is -2.01. The van der Waals surface area contributed by atoms with Crippen LogP contribution in [0.2, 0.25) is 10.2 Å². The van der Waals surface area contributed by atoms with Crippen LogP contribution in [0.5, 0.6) is 0 Å². The summed E-state index contributed by atoms with van der Waals surface area (Å²) in [7, 11) is 0. The summed E-state index contributed by atoms with van der Waals surface area (Å²) in [6, 6.07) is 11.5. The van der Waals surface area contributed by atoms with Crippen molar-refractivity contribution in [3.05, 3.63) is 58.5 Å². The molecule has 0 saturated heterocycles. The molecule has 0 atom stereocenters. The van der Waals surface area contributed by atoms with Gasteiger partial charge in [-0.15, -0.1) is 5.10 Å². The van der Waals surface area contributed by atoms with Gasteiger partial charge in [-0.1, -0.05) is 35.3 Å². The Hall–Kier alpha value is -2.24. The minimum absolute atomic E-state index is 0.199. The highest BCUT2D eigenvalue weighted by Gasteiger charge is 2.15. The van der Waals surface area contributed by atoms with E-state index >= 15 is 0 Å². The van der Waals surface area contributed by atoms with Gasteiger partial charge in [0.05, 0.1) is 16.6 Å². The second kappa shape index (κ2) is 4.90. The first-order valence-electron chi connectivity index (χ1n) is 6.40. The number of aromatic nitrogens is 4. The minimum Gasteiger partial charge on any atom is -0.231 e. The molecular weight excluding hydrogens is 326 g/mol. The number of benzene rings is 2. The van der Waals surface area contributed by atoms with Gasteiger partial charge in [0.2, 0.25) is 0 Å². The van der Waals surface area contributed by atoms with Crippen molar-refractivity contribution >= 4 is 39.9 Å². The fourth-order valence-corrected chi connectivity index (χ4v) is 2.67. The summed E-state index contributed by atoms with van der Waals surface area (Å²) >= 11 is 12.2. The zero-order valence-electron chi connectivity index (χ0n) is 11.0. The van der Waals surface area contributed by atoms with Crippen molar-refractivity contribution in [1.82, 2.24) is 19.6 Å². The van der Waals surface area contributed by atoms with Gasteiger partial charge >= 0.3 is 0 Å². The highest BCUT2D eigenvalue weighted by atomic mass is 35.5. The molecule has 4 aromatic rings. The predicted molar refractivity (Wildman–Crippen MR) is 83.7 cm³/mol. The van der Waals surface area contributed by atoms with E-state index in [-0.39, 0.29) is 11.0 Å². The normalized spacial score (nSPS) is 11.4. The van der Waals surface area contributed by atoms with Crippen LogP contribution in [0, 0.1) is 5.82 Å². The molecule has 0 spiro atoms. The van der Waals surface area contributed by atoms with E-state index in [1.54, 1.807) is 36.4 Å². The molecule has 0 fully saturated rings. The molecule has 0 aliphatic rings. The smallest absolute Gasteiger partial charge is 0.194 e. The van der Waals surface area contributed by atoms with E-state index in [4.69, 9.17) is 23.2 Å². The van der Waals surface area contributed by atoms with E-state index in [2.05, 4.69) is 15.1 Å². The molecule has 4 nitrogen and oxygen atoms in total. The predicted octanol–water partition coefficient (Wildman–Crippen LogP) is 4.39. The summed E-state index contributed by atoms with van der Waals surface area (Å²) in [4.78, 5) is 8.56. The highest BCUT2D eigenvalue weighted by Crippen LogP contribution is 2.26. The summed E-state index contributed by atoms with van der Waals surface area (Å²) in [5, 5.41) is 5.10. The van der Waals surface area contributed by atoms with Crippen LogP contribution >= 0.6 is 23.2 Å². The van der Waals surface area contributed by atoms with E-state index in [1.807, 2.05) is 0 Å². The molecule has 0 amide bonds. The van der Waals surface area contributed by atoms with Gasteiger partial charge in [0.25, 0.3) is 0 Å². The molecule has 4 rings (SSSR count). The first kappa shape index (κ1) is 13.4. The quantitative estimate of drug-likeness (QED) is 0.519. The number of halogens is 3. The van der Waals surface area contributed by atoms with Crippen LogP contribution in [-0.2, 0) is 0 Å². The topological polar surface area (TPSA) is 43.1 Å². The average molecular weight is 333 g/mol. The van der Waals surface area contributed by atoms with Crippen molar-refractivity contribution in [1.29, 1.82) is 0 Å². The Labute approximate surface area is 134 Å². The van der Waals surface area contributed by atoms with Crippen LogP contribution in [-0.4, -0.2) is 19.6 Å². The Morgan fingerprint density at radius 3 is 2.64 bits per heavy atom. The Morgan fingerprint density at radius 2 is 1.82 bits per heavy atom. The largest absolute Gasteiger partial charge is 0.231 e. The van der Waals surface area contributed by atoms with Gasteiger partial charge in [0.1, 0.15) is 5.82 Å². The maximum Gasteiger partial charge on any atom is 0.194 e. The molecule has 2 aromatic heterocycles. The monoisotopic (exact) mass is 332 g/mol. The van der Waals surface area contributed by atoms with Gasteiger partial charge in [0.15, 0.2) is 16.6 Å². The zero-order valence-corrected chi connectivity index (χ0v) is 12.5. The molecule has 0 aliphatic carbocycles. The van der Waals surface area contributed by atoms with E-state index < -0.39 is 5.82 Å². The third-order valence-corrected chi connectivity index (χ3v) is 3.78. The van der Waals surface area contributed by atoms with Crippen LogP contribution in [0.3, 0.4) is 0 Å². The Kier molecular flexibility index (Phi) is 2.99. The molecule has 0 saturated carbocycles. The molecule has 2 heterocycles. The van der Waals surface area contributed by atoms with E-state index in [9.17, 15) is 4.39 Å². The van der Waals surface area contributed by atoms with Crippen LogP contribution in [0.15, 0.2) is 42.5 Å². The first-order chi connectivity index (χ1) is 10.6. The third kappa shape index (κ3) is 2.01. The maximum absolute atomic E-state index is 13.9. The molecule has 2 aromatic carbocycles. The number of hydrogen-bond donors (Lipinski definition) is 0. The summed E-state index contributed by atoms with van der Waals surface area (Å²) in [5.74, 6) is -0.154. The van der Waals surface area contributed by atoms with Gasteiger partial charge in [0, 0.05) is 5.02 Å². The van der Waals surface area contributed by atoms with Crippen molar-refractivity contribution < 1.29 is 4.39 Å². The van der Waals surface area contributed by atoms with Crippen molar-refractivity contribution in [3.63, 3.8) is 0 Å². The van der Waals surface area contributed by atoms with Gasteiger partial charge in [-0.25, -0.2) is 18.9 Å². The van der Waals surface area contributed by atoms with Crippen molar-refractivity contribution in [3.8, 4) is 11.4 Å². The van der Waals surface area contributed by atoms with Crippen LogP contribution in [0.25, 0.3) is 28.1 Å². The molecule has 7 heteroatoms. The SMILES string of the molecule is Fc1ccccc1-c1nc2c(Cl)nc3ccc(Cl)cc3n2n1. The summed E-state index contributed by atoms with van der Waals surface area (Å²) < 4.78 is 15.4. The molecular formula is C15H7Cl2FN4. The Bertz CT molecular complexity index is 1030. The lowest BCUT2D eigenvalue weighted by molar-refractivity contribution is 0.630. The minimum atomic E-state index is -0.398. The summed E-state index contributed by atoms with van der Waals surface area (Å²) in [5.41, 5.74) is 1.95. The van der Waals surface area contributed by atoms with Crippen LogP contribution in [0.1, 0.15) is 0 Å². The molecule has 108 valence electrons. The molecule has 0 radical (unpaired) electrons. The van der Waals surface area contributed by atoms with Gasteiger partial charge < -0.3 is 0 Å². The zero-order chi connectivity index (χ0) is 15.3. The maximum atomic E-state index is 13.9.